The van der Waals surface area contributed by atoms with Gasteiger partial charge in [0.15, 0.2) is 5.82 Å². The van der Waals surface area contributed by atoms with Crippen LogP contribution in [0.25, 0.3) is 10.9 Å². The van der Waals surface area contributed by atoms with E-state index < -0.39 is 11.7 Å². The normalized spacial score (nSPS) is 18.1. The maximum absolute atomic E-state index is 14.4. The summed E-state index contributed by atoms with van der Waals surface area (Å²) in [4.78, 5) is 5.71. The lowest BCUT2D eigenvalue weighted by Crippen LogP contribution is -2.40. The van der Waals surface area contributed by atoms with Crippen molar-refractivity contribution in [1.82, 2.24) is 4.98 Å². The van der Waals surface area contributed by atoms with Crippen molar-refractivity contribution >= 4 is 28.1 Å². The first-order chi connectivity index (χ1) is 9.87. The van der Waals surface area contributed by atoms with Crippen molar-refractivity contribution in [1.29, 1.82) is 0 Å². The van der Waals surface area contributed by atoms with Crippen LogP contribution in [-0.2, 0) is 0 Å². The van der Waals surface area contributed by atoms with Gasteiger partial charge in [-0.1, -0.05) is 0 Å². The number of benzene rings is 1. The van der Waals surface area contributed by atoms with Crippen molar-refractivity contribution in [3.05, 3.63) is 24.0 Å². The highest BCUT2D eigenvalue weighted by atomic mass is 19.3. The molecule has 0 bridgehead atoms. The fraction of sp³-hybridized carbons (Fsp3) is 0.357. The molecule has 0 atom stereocenters. The Morgan fingerprint density at radius 1 is 1.14 bits per heavy atom. The van der Waals surface area contributed by atoms with E-state index in [2.05, 4.69) is 4.98 Å². The molecule has 3 rings (SSSR count). The van der Waals surface area contributed by atoms with Crippen LogP contribution in [0.1, 0.15) is 12.8 Å². The number of aromatic nitrogens is 1. The molecule has 4 N–H and O–H groups in total. The molecule has 1 aliphatic heterocycles. The van der Waals surface area contributed by atoms with Gasteiger partial charge in [0.25, 0.3) is 5.92 Å². The van der Waals surface area contributed by atoms with Crippen LogP contribution in [0.2, 0.25) is 0 Å². The number of nitrogens with two attached hydrogens (primary N) is 2. The summed E-state index contributed by atoms with van der Waals surface area (Å²) in [5.74, 6) is -3.09. The predicted molar refractivity (Wildman–Crippen MR) is 76.9 cm³/mol. The van der Waals surface area contributed by atoms with Crippen LogP contribution >= 0.6 is 0 Å². The van der Waals surface area contributed by atoms with Crippen molar-refractivity contribution in [2.75, 3.05) is 29.5 Å². The molecule has 1 aromatic heterocycles. The second kappa shape index (κ2) is 4.68. The predicted octanol–water partition coefficient (Wildman–Crippen LogP) is 2.77. The first-order valence-electron chi connectivity index (χ1n) is 6.64. The van der Waals surface area contributed by atoms with Gasteiger partial charge >= 0.3 is 0 Å². The number of hydrogen-bond donors (Lipinski definition) is 2. The van der Waals surface area contributed by atoms with Gasteiger partial charge in [0.05, 0.1) is 11.2 Å². The molecule has 21 heavy (non-hydrogen) atoms. The average Bonchev–Trinajstić information content (AvgIpc) is 2.42. The number of hydrogen-bond acceptors (Lipinski definition) is 4. The number of fused-ring (bicyclic) bond motifs is 1. The minimum Gasteiger partial charge on any atom is -0.396 e. The number of halogens is 3. The van der Waals surface area contributed by atoms with Crippen LogP contribution in [0.5, 0.6) is 0 Å². The van der Waals surface area contributed by atoms with Gasteiger partial charge in [-0.3, -0.25) is 0 Å². The van der Waals surface area contributed by atoms with Crippen molar-refractivity contribution in [3.63, 3.8) is 0 Å². The van der Waals surface area contributed by atoms with Crippen molar-refractivity contribution < 1.29 is 13.2 Å². The zero-order valence-electron chi connectivity index (χ0n) is 11.2. The van der Waals surface area contributed by atoms with Crippen LogP contribution in [-0.4, -0.2) is 24.0 Å². The molecule has 4 nitrogen and oxygen atoms in total. The first-order valence-corrected chi connectivity index (χ1v) is 6.64. The quantitative estimate of drug-likeness (QED) is 0.794. The zero-order chi connectivity index (χ0) is 15.2. The van der Waals surface area contributed by atoms with Gasteiger partial charge in [-0.25, -0.2) is 18.2 Å². The Hall–Kier alpha value is -2.18. The van der Waals surface area contributed by atoms with Crippen molar-refractivity contribution in [2.24, 2.45) is 0 Å². The van der Waals surface area contributed by atoms with E-state index in [4.69, 9.17) is 11.5 Å². The largest absolute Gasteiger partial charge is 0.396 e. The zero-order valence-corrected chi connectivity index (χ0v) is 11.2. The van der Waals surface area contributed by atoms with Crippen LogP contribution in [0.3, 0.4) is 0 Å². The second-order valence-electron chi connectivity index (χ2n) is 5.28. The van der Waals surface area contributed by atoms with Crippen molar-refractivity contribution in [2.45, 2.75) is 18.8 Å². The van der Waals surface area contributed by atoms with Crippen LogP contribution in [0.15, 0.2) is 18.2 Å². The number of rotatable bonds is 1. The monoisotopic (exact) mass is 296 g/mol. The van der Waals surface area contributed by atoms with Crippen LogP contribution in [0.4, 0.5) is 30.4 Å². The highest BCUT2D eigenvalue weighted by Crippen LogP contribution is 2.37. The minimum absolute atomic E-state index is 0.0265. The molecule has 1 fully saturated rings. The summed E-state index contributed by atoms with van der Waals surface area (Å²) >= 11 is 0. The molecule has 2 heterocycles. The van der Waals surface area contributed by atoms with Gasteiger partial charge in [0, 0.05) is 31.3 Å². The van der Waals surface area contributed by atoms with Gasteiger partial charge in [0.1, 0.15) is 11.5 Å². The lowest BCUT2D eigenvalue weighted by atomic mass is 10.0. The molecular weight excluding hydrogens is 281 g/mol. The molecular formula is C14H15F3N4. The number of anilines is 3. The second-order valence-corrected chi connectivity index (χ2v) is 5.28. The summed E-state index contributed by atoms with van der Waals surface area (Å²) in [6, 6.07) is 4.75. The Bertz CT molecular complexity index is 692. The third kappa shape index (κ3) is 2.43. The van der Waals surface area contributed by atoms with Gasteiger partial charge < -0.3 is 16.4 Å². The van der Waals surface area contributed by atoms with E-state index in [1.54, 1.807) is 17.0 Å². The van der Waals surface area contributed by atoms with Crippen LogP contribution < -0.4 is 16.4 Å². The Labute approximate surface area is 119 Å². The van der Waals surface area contributed by atoms with E-state index in [9.17, 15) is 13.2 Å². The summed E-state index contributed by atoms with van der Waals surface area (Å²) in [6.07, 6.45) is -0.629. The molecule has 0 saturated carbocycles. The summed E-state index contributed by atoms with van der Waals surface area (Å²) in [6.45, 7) is 0.109. The third-order valence-corrected chi connectivity index (χ3v) is 3.76. The number of piperidine rings is 1. The molecule has 0 spiro atoms. The van der Waals surface area contributed by atoms with E-state index in [0.717, 1.165) is 0 Å². The summed E-state index contributed by atoms with van der Waals surface area (Å²) in [7, 11) is 0. The third-order valence-electron chi connectivity index (χ3n) is 3.76. The number of alkyl halides is 2. The van der Waals surface area contributed by atoms with E-state index in [1.807, 2.05) is 0 Å². The smallest absolute Gasteiger partial charge is 0.251 e. The van der Waals surface area contributed by atoms with Gasteiger partial charge in [-0.05, 0) is 18.2 Å². The molecule has 7 heteroatoms. The molecule has 2 aromatic rings. The lowest BCUT2D eigenvalue weighted by Gasteiger charge is -2.34. The number of nitrogen functional groups attached to an aromatic ring is 2. The fourth-order valence-corrected chi connectivity index (χ4v) is 2.61. The average molecular weight is 296 g/mol. The van der Waals surface area contributed by atoms with E-state index in [-0.39, 0.29) is 43.1 Å². The molecule has 1 aliphatic rings. The highest BCUT2D eigenvalue weighted by Gasteiger charge is 2.35. The molecule has 1 aromatic carbocycles. The van der Waals surface area contributed by atoms with Gasteiger partial charge in [0.2, 0.25) is 0 Å². The molecule has 0 radical (unpaired) electrons. The summed E-state index contributed by atoms with van der Waals surface area (Å²) in [5, 5.41) is 0.635. The van der Waals surface area contributed by atoms with Crippen LogP contribution in [0, 0.1) is 5.82 Å². The minimum atomic E-state index is -2.70. The lowest BCUT2D eigenvalue weighted by molar-refractivity contribution is -0.0221. The standard InChI is InChI=1S/C14H15F3N4/c15-11-9(18)7-8-1-2-10(19)20-12(8)13(11)21-5-3-14(16,17)4-6-21/h1-2,7H,3-6,18H2,(H2,19,20). The number of pyridine rings is 1. The molecule has 1 saturated heterocycles. The van der Waals surface area contributed by atoms with Crippen molar-refractivity contribution in [3.8, 4) is 0 Å². The topological polar surface area (TPSA) is 68.2 Å². The Morgan fingerprint density at radius 3 is 2.48 bits per heavy atom. The Morgan fingerprint density at radius 2 is 1.81 bits per heavy atom. The van der Waals surface area contributed by atoms with Gasteiger partial charge in [-0.2, -0.15) is 0 Å². The molecule has 0 unspecified atom stereocenters. The highest BCUT2D eigenvalue weighted by molar-refractivity contribution is 5.95. The Kier molecular flexibility index (Phi) is 3.07. The molecule has 0 amide bonds. The maximum Gasteiger partial charge on any atom is 0.251 e. The van der Waals surface area contributed by atoms with Gasteiger partial charge in [-0.15, -0.1) is 0 Å². The van der Waals surface area contributed by atoms with E-state index in [0.29, 0.717) is 10.9 Å². The molecule has 112 valence electrons. The summed E-state index contributed by atoms with van der Waals surface area (Å²) in [5.41, 5.74) is 11.8. The Balaban J connectivity index is 2.12. The first kappa shape index (κ1) is 13.8. The van der Waals surface area contributed by atoms with E-state index >= 15 is 0 Å². The van der Waals surface area contributed by atoms with E-state index in [1.165, 1.54) is 6.07 Å². The fourth-order valence-electron chi connectivity index (χ4n) is 2.61. The molecule has 0 aliphatic carbocycles. The summed E-state index contributed by atoms with van der Waals surface area (Å²) < 4.78 is 40.9. The number of nitrogens with zero attached hydrogens (tertiary/aromatic N) is 2. The maximum atomic E-state index is 14.4. The SMILES string of the molecule is Nc1ccc2cc(N)c(F)c(N3CCC(F)(F)CC3)c2n1.